The maximum atomic E-state index is 13.2. The summed E-state index contributed by atoms with van der Waals surface area (Å²) in [4.78, 5) is 18.0. The highest BCUT2D eigenvalue weighted by molar-refractivity contribution is 5.96. The second-order valence-electron chi connectivity index (χ2n) is 5.23. The highest BCUT2D eigenvalue weighted by Crippen LogP contribution is 2.28. The smallest absolute Gasteiger partial charge is 0.418 e. The minimum atomic E-state index is -0.454. The lowest BCUT2D eigenvalue weighted by atomic mass is 9.96. The summed E-state index contributed by atoms with van der Waals surface area (Å²) >= 11 is 0. The van der Waals surface area contributed by atoms with E-state index in [2.05, 4.69) is 10.3 Å². The van der Waals surface area contributed by atoms with Gasteiger partial charge in [-0.15, -0.1) is 0 Å². The lowest BCUT2D eigenvalue weighted by molar-refractivity contribution is 0.135. The van der Waals surface area contributed by atoms with E-state index >= 15 is 0 Å². The van der Waals surface area contributed by atoms with Gasteiger partial charge in [0.25, 0.3) is 0 Å². The van der Waals surface area contributed by atoms with Crippen molar-refractivity contribution < 1.29 is 13.9 Å². The topological polar surface area (TPSA) is 53.9 Å². The summed E-state index contributed by atoms with van der Waals surface area (Å²) in [5.74, 6) is -0.306. The van der Waals surface area contributed by atoms with Crippen LogP contribution in [0.25, 0.3) is 5.70 Å². The normalized spacial score (nSPS) is 20.3. The zero-order valence-electron chi connectivity index (χ0n) is 12.8. The Hall–Kier alpha value is -2.47. The van der Waals surface area contributed by atoms with Gasteiger partial charge < -0.3 is 4.74 Å². The van der Waals surface area contributed by atoms with Crippen molar-refractivity contribution in [2.24, 2.45) is 10.9 Å². The number of halogens is 1. The lowest BCUT2D eigenvalue weighted by Gasteiger charge is -2.27. The molecule has 3 rings (SSSR count). The molecule has 2 aliphatic rings. The standard InChI is InChI=1S/C17H18FN3O2/c1-2-23-17(22)21-8-7-13(15-10-19-11-20-15)9-16(21)12-3-5-14(18)6-4-12/h3-9,13,19H,2,10-11H2,1H3. The van der Waals surface area contributed by atoms with Crippen molar-refractivity contribution in [3.8, 4) is 0 Å². The van der Waals surface area contributed by atoms with E-state index in [1.807, 2.05) is 12.2 Å². The number of carbonyl (C=O) groups excluding carboxylic acids is 1. The van der Waals surface area contributed by atoms with E-state index < -0.39 is 6.09 Å². The summed E-state index contributed by atoms with van der Waals surface area (Å²) in [5, 5.41) is 3.16. The fourth-order valence-electron chi connectivity index (χ4n) is 2.60. The number of carbonyl (C=O) groups is 1. The first-order valence-electron chi connectivity index (χ1n) is 7.55. The molecule has 2 heterocycles. The van der Waals surface area contributed by atoms with E-state index in [1.165, 1.54) is 17.0 Å². The molecule has 23 heavy (non-hydrogen) atoms. The van der Waals surface area contributed by atoms with Gasteiger partial charge in [-0.3, -0.25) is 15.2 Å². The lowest BCUT2D eigenvalue weighted by Crippen LogP contribution is -2.30. The van der Waals surface area contributed by atoms with Crippen molar-refractivity contribution in [2.75, 3.05) is 19.8 Å². The number of benzene rings is 1. The number of nitrogens with zero attached hydrogens (tertiary/aromatic N) is 2. The van der Waals surface area contributed by atoms with Crippen LogP contribution in [0.5, 0.6) is 0 Å². The predicted molar refractivity (Wildman–Crippen MR) is 86.2 cm³/mol. The van der Waals surface area contributed by atoms with Crippen LogP contribution in [-0.2, 0) is 4.74 Å². The van der Waals surface area contributed by atoms with Gasteiger partial charge in [0.2, 0.25) is 0 Å². The quantitative estimate of drug-likeness (QED) is 0.933. The van der Waals surface area contributed by atoms with Gasteiger partial charge in [-0.05, 0) is 42.8 Å². The van der Waals surface area contributed by atoms with Gasteiger partial charge in [0, 0.05) is 24.4 Å². The number of ether oxygens (including phenoxy) is 1. The number of amides is 1. The fraction of sp³-hybridized carbons (Fsp3) is 0.294. The Bertz CT molecular complexity index is 680. The van der Waals surface area contributed by atoms with Gasteiger partial charge >= 0.3 is 6.09 Å². The molecular weight excluding hydrogens is 297 g/mol. The molecule has 0 spiro atoms. The second-order valence-corrected chi connectivity index (χ2v) is 5.23. The van der Waals surface area contributed by atoms with Crippen molar-refractivity contribution in [2.45, 2.75) is 6.92 Å². The monoisotopic (exact) mass is 315 g/mol. The van der Waals surface area contributed by atoms with Crippen LogP contribution in [-0.4, -0.2) is 36.5 Å². The molecule has 5 nitrogen and oxygen atoms in total. The molecule has 1 atom stereocenters. The first kappa shape index (κ1) is 15.4. The summed E-state index contributed by atoms with van der Waals surface area (Å²) in [6, 6.07) is 6.06. The van der Waals surface area contributed by atoms with E-state index in [4.69, 9.17) is 4.74 Å². The molecule has 1 unspecified atom stereocenters. The fourth-order valence-corrected chi connectivity index (χ4v) is 2.60. The molecule has 1 amide bonds. The van der Waals surface area contributed by atoms with Crippen molar-refractivity contribution in [3.63, 3.8) is 0 Å². The van der Waals surface area contributed by atoms with Crippen LogP contribution in [0, 0.1) is 11.7 Å². The molecule has 1 aromatic carbocycles. The van der Waals surface area contributed by atoms with Crippen LogP contribution in [0.4, 0.5) is 9.18 Å². The Morgan fingerprint density at radius 2 is 2.22 bits per heavy atom. The van der Waals surface area contributed by atoms with Crippen molar-refractivity contribution >= 4 is 17.5 Å². The number of rotatable bonds is 3. The Labute approximate surface area is 134 Å². The third-order valence-corrected chi connectivity index (χ3v) is 3.73. The average Bonchev–Trinajstić information content (AvgIpc) is 3.10. The van der Waals surface area contributed by atoms with Gasteiger partial charge in [0.1, 0.15) is 5.82 Å². The van der Waals surface area contributed by atoms with Crippen LogP contribution >= 0.6 is 0 Å². The largest absolute Gasteiger partial charge is 0.449 e. The Kier molecular flexibility index (Phi) is 4.52. The van der Waals surface area contributed by atoms with E-state index in [-0.39, 0.29) is 11.7 Å². The number of hydrogen-bond donors (Lipinski definition) is 1. The number of aliphatic imine (C=N–C) groups is 1. The molecule has 0 aromatic heterocycles. The minimum absolute atomic E-state index is 0.00993. The van der Waals surface area contributed by atoms with Crippen LogP contribution in [0.15, 0.2) is 47.6 Å². The summed E-state index contributed by atoms with van der Waals surface area (Å²) in [5.41, 5.74) is 2.44. The van der Waals surface area contributed by atoms with E-state index in [9.17, 15) is 9.18 Å². The van der Waals surface area contributed by atoms with Crippen LogP contribution in [0.3, 0.4) is 0 Å². The summed E-state index contributed by atoms with van der Waals surface area (Å²) in [6.45, 7) is 3.39. The third-order valence-electron chi connectivity index (χ3n) is 3.73. The van der Waals surface area contributed by atoms with E-state index in [0.29, 0.717) is 19.0 Å². The molecule has 1 aromatic rings. The molecule has 0 radical (unpaired) electrons. The molecule has 0 saturated heterocycles. The van der Waals surface area contributed by atoms with Crippen molar-refractivity contribution in [3.05, 3.63) is 54.0 Å². The molecule has 0 fully saturated rings. The maximum Gasteiger partial charge on any atom is 0.418 e. The Morgan fingerprint density at radius 3 is 2.87 bits per heavy atom. The van der Waals surface area contributed by atoms with Crippen LogP contribution in [0.2, 0.25) is 0 Å². The molecule has 0 bridgehead atoms. The molecule has 120 valence electrons. The first-order valence-corrected chi connectivity index (χ1v) is 7.55. The van der Waals surface area contributed by atoms with Gasteiger partial charge in [-0.2, -0.15) is 0 Å². The van der Waals surface area contributed by atoms with Gasteiger partial charge in [0.05, 0.1) is 19.0 Å². The van der Waals surface area contributed by atoms with Gasteiger partial charge in [-0.1, -0.05) is 6.08 Å². The van der Waals surface area contributed by atoms with Gasteiger partial charge in [0.15, 0.2) is 0 Å². The predicted octanol–water partition coefficient (Wildman–Crippen LogP) is 2.77. The summed E-state index contributed by atoms with van der Waals surface area (Å²) in [6.07, 6.45) is 5.11. The molecule has 0 aliphatic carbocycles. The number of allylic oxidation sites excluding steroid dienone is 2. The zero-order chi connectivity index (χ0) is 16.2. The van der Waals surface area contributed by atoms with Crippen molar-refractivity contribution in [1.29, 1.82) is 0 Å². The summed E-state index contributed by atoms with van der Waals surface area (Å²) in [7, 11) is 0. The Balaban J connectivity index is 1.95. The number of nitrogens with one attached hydrogen (secondary N) is 1. The van der Waals surface area contributed by atoms with Crippen molar-refractivity contribution in [1.82, 2.24) is 10.2 Å². The van der Waals surface area contributed by atoms with Gasteiger partial charge in [-0.25, -0.2) is 9.18 Å². The molecule has 2 aliphatic heterocycles. The number of hydrogen-bond acceptors (Lipinski definition) is 4. The Morgan fingerprint density at radius 1 is 1.43 bits per heavy atom. The minimum Gasteiger partial charge on any atom is -0.449 e. The first-order chi connectivity index (χ1) is 11.2. The molecule has 1 N–H and O–H groups in total. The van der Waals surface area contributed by atoms with Crippen LogP contribution in [0.1, 0.15) is 12.5 Å². The highest BCUT2D eigenvalue weighted by atomic mass is 19.1. The third kappa shape index (κ3) is 3.32. The second kappa shape index (κ2) is 6.75. The molecule has 6 heteroatoms. The molecular formula is C17H18FN3O2. The van der Waals surface area contributed by atoms with E-state index in [0.717, 1.165) is 17.8 Å². The SMILES string of the molecule is CCOC(=O)N1C=CC(C2=NCNC2)C=C1c1ccc(F)cc1. The van der Waals surface area contributed by atoms with Crippen LogP contribution < -0.4 is 5.32 Å². The summed E-state index contributed by atoms with van der Waals surface area (Å²) < 4.78 is 18.3. The average molecular weight is 315 g/mol. The molecule has 0 saturated carbocycles. The zero-order valence-corrected chi connectivity index (χ0v) is 12.8. The maximum absolute atomic E-state index is 13.2. The van der Waals surface area contributed by atoms with E-state index in [1.54, 1.807) is 25.3 Å². The highest BCUT2D eigenvalue weighted by Gasteiger charge is 2.26.